The molecule has 6 heteroatoms. The molecule has 0 fully saturated rings. The summed E-state index contributed by atoms with van der Waals surface area (Å²) in [6, 6.07) is 14.9. The van der Waals surface area contributed by atoms with Gasteiger partial charge in [0, 0.05) is 18.4 Å². The van der Waals surface area contributed by atoms with Crippen LogP contribution in [0.1, 0.15) is 30.8 Å². The summed E-state index contributed by atoms with van der Waals surface area (Å²) in [7, 11) is 0. The highest BCUT2D eigenvalue weighted by Crippen LogP contribution is 2.25. The Labute approximate surface area is 162 Å². The molecular weight excluding hydrogens is 371 g/mol. The molecule has 0 bridgehead atoms. The topological polar surface area (TPSA) is 55.1 Å². The smallest absolute Gasteiger partial charge is 0.220 e. The third-order valence-electron chi connectivity index (χ3n) is 4.00. The third-order valence-corrected chi connectivity index (χ3v) is 4.74. The van der Waals surface area contributed by atoms with E-state index < -0.39 is 0 Å². The Balaban J connectivity index is 1.54. The molecule has 4 nitrogen and oxygen atoms in total. The molecule has 1 aromatic heterocycles. The van der Waals surface area contributed by atoms with Crippen molar-refractivity contribution in [1.29, 1.82) is 0 Å². The number of aromatic nitrogens is 1. The number of halogens is 2. The Morgan fingerprint density at radius 1 is 1.15 bits per heavy atom. The number of amides is 1. The summed E-state index contributed by atoms with van der Waals surface area (Å²) in [5.74, 6) is 1.16. The molecule has 134 valence electrons. The summed E-state index contributed by atoms with van der Waals surface area (Å²) in [6.07, 6.45) is 2.41. The van der Waals surface area contributed by atoms with Crippen LogP contribution in [0.5, 0.6) is 0 Å². The maximum absolute atomic E-state index is 12.2. The van der Waals surface area contributed by atoms with Crippen LogP contribution in [-0.4, -0.2) is 10.9 Å². The van der Waals surface area contributed by atoms with Crippen LogP contribution in [0.15, 0.2) is 59.1 Å². The first-order valence-electron chi connectivity index (χ1n) is 8.27. The van der Waals surface area contributed by atoms with Crippen LogP contribution in [0.25, 0.3) is 11.3 Å². The van der Waals surface area contributed by atoms with E-state index in [9.17, 15) is 4.79 Å². The maximum atomic E-state index is 12.2. The summed E-state index contributed by atoms with van der Waals surface area (Å²) in [5.41, 5.74) is 1.86. The van der Waals surface area contributed by atoms with Gasteiger partial charge in [-0.1, -0.05) is 59.6 Å². The summed E-state index contributed by atoms with van der Waals surface area (Å²) < 4.78 is 5.72. The molecule has 2 aromatic carbocycles. The molecule has 0 saturated carbocycles. The van der Waals surface area contributed by atoms with Crippen molar-refractivity contribution < 1.29 is 9.21 Å². The summed E-state index contributed by atoms with van der Waals surface area (Å²) in [4.78, 5) is 16.4. The van der Waals surface area contributed by atoms with E-state index in [0.717, 1.165) is 11.1 Å². The van der Waals surface area contributed by atoms with E-state index in [1.807, 2.05) is 43.3 Å². The van der Waals surface area contributed by atoms with Crippen molar-refractivity contribution in [2.45, 2.75) is 25.8 Å². The fraction of sp³-hybridized carbons (Fsp3) is 0.200. The minimum atomic E-state index is -0.165. The second-order valence-electron chi connectivity index (χ2n) is 5.95. The van der Waals surface area contributed by atoms with E-state index in [4.69, 9.17) is 27.6 Å². The zero-order chi connectivity index (χ0) is 18.5. The number of rotatable bonds is 6. The predicted octanol–water partition coefficient (Wildman–Crippen LogP) is 5.46. The molecule has 3 rings (SSSR count). The minimum absolute atomic E-state index is 0.0805. The van der Waals surface area contributed by atoms with Crippen LogP contribution in [0, 0.1) is 0 Å². The van der Waals surface area contributed by atoms with Crippen LogP contribution in [0.3, 0.4) is 0 Å². The summed E-state index contributed by atoms with van der Waals surface area (Å²) in [5, 5.41) is 3.90. The molecule has 0 unspecified atom stereocenters. The van der Waals surface area contributed by atoms with Crippen molar-refractivity contribution in [2.24, 2.45) is 0 Å². The molecule has 0 spiro atoms. The van der Waals surface area contributed by atoms with Gasteiger partial charge in [0.05, 0.1) is 22.3 Å². The van der Waals surface area contributed by atoms with Gasteiger partial charge in [0.25, 0.3) is 0 Å². The molecular formula is C20H18Cl2N2O2. The lowest BCUT2D eigenvalue weighted by Crippen LogP contribution is -2.26. The van der Waals surface area contributed by atoms with E-state index in [1.165, 1.54) is 0 Å². The Morgan fingerprint density at radius 3 is 2.65 bits per heavy atom. The van der Waals surface area contributed by atoms with Crippen molar-refractivity contribution in [3.8, 4) is 11.3 Å². The third kappa shape index (κ3) is 4.65. The van der Waals surface area contributed by atoms with Crippen molar-refractivity contribution in [3.05, 3.63) is 76.2 Å². The quantitative estimate of drug-likeness (QED) is 0.609. The van der Waals surface area contributed by atoms with E-state index in [2.05, 4.69) is 10.3 Å². The first kappa shape index (κ1) is 18.5. The Hall–Kier alpha value is -2.30. The number of nitrogens with one attached hydrogen (secondary N) is 1. The number of aryl methyl sites for hydroxylation is 1. The number of carbonyl (C=O) groups excluding carboxylic acids is 1. The fourth-order valence-corrected chi connectivity index (χ4v) is 2.87. The first-order valence-corrected chi connectivity index (χ1v) is 9.03. The number of carbonyl (C=O) groups is 1. The van der Waals surface area contributed by atoms with Gasteiger partial charge in [-0.25, -0.2) is 4.98 Å². The lowest BCUT2D eigenvalue weighted by atomic mass is 10.1. The van der Waals surface area contributed by atoms with E-state index in [-0.39, 0.29) is 11.9 Å². The number of oxazole rings is 1. The fourth-order valence-electron chi connectivity index (χ4n) is 2.56. The molecule has 1 amide bonds. The van der Waals surface area contributed by atoms with Crippen molar-refractivity contribution >= 4 is 29.1 Å². The van der Waals surface area contributed by atoms with Gasteiger partial charge in [-0.05, 0) is 24.6 Å². The number of hydrogen-bond donors (Lipinski definition) is 1. The maximum Gasteiger partial charge on any atom is 0.220 e. The molecule has 0 saturated heterocycles. The van der Waals surface area contributed by atoms with Crippen LogP contribution in [0.2, 0.25) is 10.0 Å². The lowest BCUT2D eigenvalue weighted by Gasteiger charge is -2.14. The summed E-state index contributed by atoms with van der Waals surface area (Å²) in [6.45, 7) is 1.90. The van der Waals surface area contributed by atoms with Gasteiger partial charge in [0.1, 0.15) is 0 Å². The molecule has 1 atom stereocenters. The van der Waals surface area contributed by atoms with Gasteiger partial charge in [0.15, 0.2) is 11.7 Å². The Bertz CT molecular complexity index is 894. The highest BCUT2D eigenvalue weighted by Gasteiger charge is 2.13. The summed E-state index contributed by atoms with van der Waals surface area (Å²) >= 11 is 11.9. The second-order valence-corrected chi connectivity index (χ2v) is 6.76. The van der Waals surface area contributed by atoms with Crippen molar-refractivity contribution in [1.82, 2.24) is 10.3 Å². The molecule has 0 radical (unpaired) electrons. The Morgan fingerprint density at radius 2 is 1.92 bits per heavy atom. The zero-order valence-electron chi connectivity index (χ0n) is 14.2. The number of hydrogen-bond acceptors (Lipinski definition) is 3. The van der Waals surface area contributed by atoms with Gasteiger partial charge in [-0.3, -0.25) is 4.79 Å². The molecule has 0 aliphatic heterocycles. The van der Waals surface area contributed by atoms with Crippen molar-refractivity contribution in [2.75, 3.05) is 0 Å². The molecule has 3 aromatic rings. The van der Waals surface area contributed by atoms with Gasteiger partial charge in [-0.2, -0.15) is 0 Å². The largest absolute Gasteiger partial charge is 0.441 e. The van der Waals surface area contributed by atoms with E-state index >= 15 is 0 Å². The monoisotopic (exact) mass is 388 g/mol. The van der Waals surface area contributed by atoms with Crippen LogP contribution < -0.4 is 5.32 Å². The average Bonchev–Trinajstić information content (AvgIpc) is 3.12. The minimum Gasteiger partial charge on any atom is -0.441 e. The highest BCUT2D eigenvalue weighted by molar-refractivity contribution is 6.42. The van der Waals surface area contributed by atoms with Gasteiger partial charge < -0.3 is 9.73 Å². The predicted molar refractivity (Wildman–Crippen MR) is 103 cm³/mol. The number of nitrogens with zero attached hydrogens (tertiary/aromatic N) is 1. The first-order chi connectivity index (χ1) is 12.5. The molecule has 1 heterocycles. The lowest BCUT2D eigenvalue weighted by molar-refractivity contribution is -0.121. The number of benzene rings is 2. The SMILES string of the molecule is C[C@H](NC(=O)CCc1ncc(-c2ccccc2)o1)c1ccc(Cl)c(Cl)c1. The standard InChI is InChI=1S/C20H18Cl2N2O2/c1-13(15-7-8-16(21)17(22)11-15)24-19(25)9-10-20-23-12-18(26-20)14-5-3-2-4-6-14/h2-8,11-13H,9-10H2,1H3,(H,24,25)/t13-/m0/s1. The molecule has 1 N–H and O–H groups in total. The average molecular weight is 389 g/mol. The molecule has 0 aliphatic carbocycles. The van der Waals surface area contributed by atoms with E-state index in [1.54, 1.807) is 18.3 Å². The molecule has 0 aliphatic rings. The zero-order valence-corrected chi connectivity index (χ0v) is 15.7. The van der Waals surface area contributed by atoms with Crippen molar-refractivity contribution in [3.63, 3.8) is 0 Å². The van der Waals surface area contributed by atoms with E-state index in [0.29, 0.717) is 34.5 Å². The Kier molecular flexibility index (Phi) is 5.96. The van der Waals surface area contributed by atoms with Crippen LogP contribution in [-0.2, 0) is 11.2 Å². The molecule has 26 heavy (non-hydrogen) atoms. The van der Waals surface area contributed by atoms with Gasteiger partial charge >= 0.3 is 0 Å². The van der Waals surface area contributed by atoms with Crippen LogP contribution in [0.4, 0.5) is 0 Å². The van der Waals surface area contributed by atoms with Crippen LogP contribution >= 0.6 is 23.2 Å². The van der Waals surface area contributed by atoms with Gasteiger partial charge in [-0.15, -0.1) is 0 Å². The highest BCUT2D eigenvalue weighted by atomic mass is 35.5. The van der Waals surface area contributed by atoms with Gasteiger partial charge in [0.2, 0.25) is 5.91 Å². The second kappa shape index (κ2) is 8.39. The normalized spacial score (nSPS) is 12.0.